The highest BCUT2D eigenvalue weighted by atomic mass is 32.2. The van der Waals surface area contributed by atoms with Gasteiger partial charge in [-0.2, -0.15) is 0 Å². The van der Waals surface area contributed by atoms with Crippen LogP contribution in [0, 0.1) is 13.8 Å². The van der Waals surface area contributed by atoms with E-state index in [-0.39, 0.29) is 17.2 Å². The molecule has 0 aliphatic carbocycles. The molecule has 1 rings (SSSR count). The fraction of sp³-hybridized carbons (Fsp3) is 0.455. The molecule has 7 nitrogen and oxygen atoms in total. The van der Waals surface area contributed by atoms with Crippen LogP contribution >= 0.6 is 0 Å². The van der Waals surface area contributed by atoms with Gasteiger partial charge in [-0.15, -0.1) is 0 Å². The first-order chi connectivity index (χ1) is 9.09. The van der Waals surface area contributed by atoms with Crippen molar-refractivity contribution in [3.05, 3.63) is 23.3 Å². The van der Waals surface area contributed by atoms with E-state index in [9.17, 15) is 16.8 Å². The van der Waals surface area contributed by atoms with Gasteiger partial charge in [0.05, 0.1) is 10.6 Å². The molecule has 0 heterocycles. The van der Waals surface area contributed by atoms with E-state index in [1.165, 1.54) is 19.2 Å². The number of hydrogen-bond acceptors (Lipinski definition) is 5. The van der Waals surface area contributed by atoms with Gasteiger partial charge in [0.1, 0.15) is 0 Å². The monoisotopic (exact) mass is 321 g/mol. The lowest BCUT2D eigenvalue weighted by Gasteiger charge is -2.11. The van der Waals surface area contributed by atoms with Crippen molar-refractivity contribution in [2.45, 2.75) is 18.7 Å². The lowest BCUT2D eigenvalue weighted by molar-refractivity contribution is 0.578. The summed E-state index contributed by atoms with van der Waals surface area (Å²) in [6.45, 7) is 3.35. The number of nitrogen functional groups attached to an aromatic ring is 1. The summed E-state index contributed by atoms with van der Waals surface area (Å²) in [5.41, 5.74) is 7.70. The largest absolute Gasteiger partial charge is 0.398 e. The lowest BCUT2D eigenvalue weighted by atomic mass is 10.1. The zero-order valence-corrected chi connectivity index (χ0v) is 13.2. The average molecular weight is 321 g/mol. The minimum Gasteiger partial charge on any atom is -0.398 e. The molecule has 20 heavy (non-hydrogen) atoms. The number of nitrogens with one attached hydrogen (secondary N) is 2. The predicted molar refractivity (Wildman–Crippen MR) is 78.4 cm³/mol. The van der Waals surface area contributed by atoms with Gasteiger partial charge in [0.25, 0.3) is 0 Å². The van der Waals surface area contributed by atoms with E-state index >= 15 is 0 Å². The first kappa shape index (κ1) is 16.9. The summed E-state index contributed by atoms with van der Waals surface area (Å²) in [7, 11) is -5.95. The Balaban J connectivity index is 2.90. The molecule has 0 aromatic heterocycles. The Bertz CT molecular complexity index is 673. The van der Waals surface area contributed by atoms with E-state index in [0.717, 1.165) is 11.1 Å². The Morgan fingerprint density at radius 1 is 1.15 bits per heavy atom. The highest BCUT2D eigenvalue weighted by Gasteiger charge is 2.17. The standard InChI is InChI=1S/C11H19N3O4S2/c1-8-6-10(7-11(12)9(8)2)20(17,18)14-4-5-19(15,16)13-3/h6-7,13-14H,4-5,12H2,1-3H3. The zero-order valence-electron chi connectivity index (χ0n) is 11.6. The van der Waals surface area contributed by atoms with Gasteiger partial charge in [-0.25, -0.2) is 26.3 Å². The van der Waals surface area contributed by atoms with Crippen LogP contribution in [0.2, 0.25) is 0 Å². The lowest BCUT2D eigenvalue weighted by Crippen LogP contribution is -2.33. The van der Waals surface area contributed by atoms with Gasteiger partial charge in [0.15, 0.2) is 0 Å². The van der Waals surface area contributed by atoms with Crippen LogP contribution < -0.4 is 15.2 Å². The van der Waals surface area contributed by atoms with E-state index in [2.05, 4.69) is 9.44 Å². The van der Waals surface area contributed by atoms with Gasteiger partial charge in [-0.1, -0.05) is 0 Å². The van der Waals surface area contributed by atoms with Crippen LogP contribution in [0.4, 0.5) is 5.69 Å². The third-order valence-electron chi connectivity index (χ3n) is 2.97. The summed E-state index contributed by atoms with van der Waals surface area (Å²) in [5.74, 6) is -0.330. The molecule has 0 fully saturated rings. The molecule has 1 aromatic rings. The van der Waals surface area contributed by atoms with Crippen LogP contribution in [0.25, 0.3) is 0 Å². The zero-order chi connectivity index (χ0) is 15.6. The first-order valence-electron chi connectivity index (χ1n) is 5.86. The Hall–Kier alpha value is -1.16. The van der Waals surface area contributed by atoms with Crippen LogP contribution in [0.5, 0.6) is 0 Å². The van der Waals surface area contributed by atoms with Crippen LogP contribution in [-0.2, 0) is 20.0 Å². The number of hydrogen-bond donors (Lipinski definition) is 3. The number of nitrogens with two attached hydrogens (primary N) is 1. The third-order valence-corrected chi connectivity index (χ3v) is 5.77. The molecule has 0 spiro atoms. The number of aryl methyl sites for hydroxylation is 1. The Morgan fingerprint density at radius 3 is 2.25 bits per heavy atom. The molecular weight excluding hydrogens is 302 g/mol. The van der Waals surface area contributed by atoms with Crippen molar-refractivity contribution in [3.63, 3.8) is 0 Å². The van der Waals surface area contributed by atoms with Gasteiger partial charge in [0, 0.05) is 12.2 Å². The Morgan fingerprint density at radius 2 is 1.75 bits per heavy atom. The molecule has 1 aromatic carbocycles. The SMILES string of the molecule is CNS(=O)(=O)CCNS(=O)(=O)c1cc(C)c(C)c(N)c1. The van der Waals surface area contributed by atoms with E-state index in [1.54, 1.807) is 13.8 Å². The Labute approximate surface area is 119 Å². The second-order valence-corrected chi connectivity index (χ2v) is 8.19. The molecule has 0 amide bonds. The maximum atomic E-state index is 12.0. The second kappa shape index (κ2) is 6.08. The van der Waals surface area contributed by atoms with Crippen molar-refractivity contribution in [1.29, 1.82) is 0 Å². The van der Waals surface area contributed by atoms with Crippen molar-refractivity contribution in [1.82, 2.24) is 9.44 Å². The van der Waals surface area contributed by atoms with Crippen molar-refractivity contribution in [2.75, 3.05) is 25.1 Å². The Kier molecular flexibility index (Phi) is 5.14. The van der Waals surface area contributed by atoms with Gasteiger partial charge in [-0.05, 0) is 44.2 Å². The highest BCUT2D eigenvalue weighted by molar-refractivity contribution is 7.90. The normalized spacial score (nSPS) is 12.6. The van der Waals surface area contributed by atoms with Gasteiger partial charge >= 0.3 is 0 Å². The minimum atomic E-state index is -3.77. The van der Waals surface area contributed by atoms with Gasteiger partial charge in [0.2, 0.25) is 20.0 Å². The van der Waals surface area contributed by atoms with E-state index in [4.69, 9.17) is 5.73 Å². The van der Waals surface area contributed by atoms with Crippen molar-refractivity contribution >= 4 is 25.7 Å². The fourth-order valence-electron chi connectivity index (χ4n) is 1.50. The minimum absolute atomic E-state index is 0.0277. The predicted octanol–water partition coefficient (Wildman–Crippen LogP) is -0.287. The smallest absolute Gasteiger partial charge is 0.240 e. The summed E-state index contributed by atoms with van der Waals surface area (Å²) in [5, 5.41) is 0. The molecule has 4 N–H and O–H groups in total. The van der Waals surface area contributed by atoms with Crippen molar-refractivity contribution < 1.29 is 16.8 Å². The summed E-state index contributed by atoms with van der Waals surface area (Å²) < 4.78 is 50.8. The van der Waals surface area contributed by atoms with E-state index in [0.29, 0.717) is 5.69 Å². The maximum Gasteiger partial charge on any atom is 0.240 e. The summed E-state index contributed by atoms with van der Waals surface area (Å²) in [6, 6.07) is 2.86. The first-order valence-corrected chi connectivity index (χ1v) is 9.00. The molecule has 0 radical (unpaired) electrons. The number of anilines is 1. The molecular formula is C11H19N3O4S2. The molecule has 0 atom stereocenters. The molecule has 114 valence electrons. The van der Waals surface area contributed by atoms with Crippen LogP contribution in [-0.4, -0.2) is 36.2 Å². The van der Waals surface area contributed by atoms with Crippen LogP contribution in [0.1, 0.15) is 11.1 Å². The topological polar surface area (TPSA) is 118 Å². The number of sulfonamides is 2. The third kappa shape index (κ3) is 4.17. The maximum absolute atomic E-state index is 12.0. The molecule has 0 bridgehead atoms. The summed E-state index contributed by atoms with van der Waals surface area (Å²) in [4.78, 5) is 0.0277. The molecule has 0 aliphatic heterocycles. The second-order valence-electron chi connectivity index (χ2n) is 4.38. The van der Waals surface area contributed by atoms with Crippen LogP contribution in [0.3, 0.4) is 0 Å². The van der Waals surface area contributed by atoms with Crippen molar-refractivity contribution in [3.8, 4) is 0 Å². The number of rotatable bonds is 6. The van der Waals surface area contributed by atoms with Crippen LogP contribution in [0.15, 0.2) is 17.0 Å². The molecule has 9 heteroatoms. The molecule has 0 saturated carbocycles. The summed E-state index contributed by atoms with van der Waals surface area (Å²) in [6.07, 6.45) is 0. The van der Waals surface area contributed by atoms with E-state index in [1.807, 2.05) is 0 Å². The molecule has 0 unspecified atom stereocenters. The highest BCUT2D eigenvalue weighted by Crippen LogP contribution is 2.21. The van der Waals surface area contributed by atoms with Crippen molar-refractivity contribution in [2.24, 2.45) is 0 Å². The summed E-state index contributed by atoms with van der Waals surface area (Å²) >= 11 is 0. The van der Waals surface area contributed by atoms with Gasteiger partial charge < -0.3 is 5.73 Å². The fourth-order valence-corrected chi connectivity index (χ4v) is 3.36. The number of benzene rings is 1. The quantitative estimate of drug-likeness (QED) is 0.622. The average Bonchev–Trinajstić information content (AvgIpc) is 2.34. The molecule has 0 saturated heterocycles. The van der Waals surface area contributed by atoms with E-state index < -0.39 is 20.0 Å². The van der Waals surface area contributed by atoms with Gasteiger partial charge in [-0.3, -0.25) is 0 Å². The molecule has 0 aliphatic rings.